The molecule has 0 saturated heterocycles. The van der Waals surface area contributed by atoms with E-state index in [1.54, 1.807) is 56.3 Å². The predicted octanol–water partition coefficient (Wildman–Crippen LogP) is 5.12. The summed E-state index contributed by atoms with van der Waals surface area (Å²) in [6.45, 7) is 3.60. The fourth-order valence-electron chi connectivity index (χ4n) is 2.27. The molecule has 0 fully saturated rings. The molecule has 30 heavy (non-hydrogen) atoms. The van der Waals surface area contributed by atoms with E-state index in [1.807, 2.05) is 0 Å². The zero-order chi connectivity index (χ0) is 22.3. The molecular formula is C21H21Cl2N3O3S. The number of amides is 2. The number of hydrogen-bond donors (Lipinski definition) is 3. The van der Waals surface area contributed by atoms with E-state index < -0.39 is 5.91 Å². The molecule has 0 unspecified atom stereocenters. The van der Waals surface area contributed by atoms with Crippen molar-refractivity contribution in [2.45, 2.75) is 13.8 Å². The molecule has 0 saturated carbocycles. The lowest BCUT2D eigenvalue weighted by Gasteiger charge is -2.14. The smallest absolute Gasteiger partial charge is 0.250 e. The van der Waals surface area contributed by atoms with Gasteiger partial charge in [-0.15, -0.1) is 0 Å². The van der Waals surface area contributed by atoms with Crippen LogP contribution in [0.5, 0.6) is 5.75 Å². The minimum Gasteiger partial charge on any atom is -0.494 e. The number of methoxy groups -OCH3 is 1. The standard InChI is InChI=1S/C21H21Cl2N3O3S/c1-12(2)20(28)25-17-8-7-15(11-18(17)29-3)24-21(30)26-19(27)9-5-13-4-6-14(22)10-16(13)23/h4-12H,1-3H3,(H,25,28)(H2,24,26,27,30)/b9-5+. The number of benzene rings is 2. The molecule has 2 aromatic carbocycles. The third kappa shape index (κ3) is 7.02. The number of thiocarbonyl (C=S) groups is 1. The van der Waals surface area contributed by atoms with Crippen LogP contribution in [-0.2, 0) is 9.59 Å². The van der Waals surface area contributed by atoms with Crippen molar-refractivity contribution < 1.29 is 14.3 Å². The van der Waals surface area contributed by atoms with Gasteiger partial charge in [-0.1, -0.05) is 43.1 Å². The molecule has 6 nitrogen and oxygen atoms in total. The SMILES string of the molecule is COc1cc(NC(=S)NC(=O)/C=C/c2ccc(Cl)cc2Cl)ccc1NC(=O)C(C)C. The second kappa shape index (κ2) is 11.0. The topological polar surface area (TPSA) is 79.5 Å². The van der Waals surface area contributed by atoms with Crippen LogP contribution in [0.25, 0.3) is 6.08 Å². The maximum absolute atomic E-state index is 12.1. The monoisotopic (exact) mass is 465 g/mol. The predicted molar refractivity (Wildman–Crippen MR) is 126 cm³/mol. The number of carbonyl (C=O) groups excluding carboxylic acids is 2. The largest absolute Gasteiger partial charge is 0.494 e. The van der Waals surface area contributed by atoms with E-state index in [0.29, 0.717) is 32.7 Å². The van der Waals surface area contributed by atoms with Crippen molar-refractivity contribution in [1.82, 2.24) is 5.32 Å². The molecular weight excluding hydrogens is 445 g/mol. The van der Waals surface area contributed by atoms with E-state index in [9.17, 15) is 9.59 Å². The van der Waals surface area contributed by atoms with Gasteiger partial charge in [0.25, 0.3) is 0 Å². The van der Waals surface area contributed by atoms with Gasteiger partial charge in [-0.2, -0.15) is 0 Å². The van der Waals surface area contributed by atoms with Crippen LogP contribution in [-0.4, -0.2) is 24.0 Å². The Morgan fingerprint density at radius 2 is 1.83 bits per heavy atom. The van der Waals surface area contributed by atoms with Gasteiger partial charge in [-0.25, -0.2) is 0 Å². The second-order valence-corrected chi connectivity index (χ2v) is 7.75. The Morgan fingerprint density at radius 1 is 1.10 bits per heavy atom. The van der Waals surface area contributed by atoms with Crippen molar-refractivity contribution >= 4 is 69.8 Å². The molecule has 3 N–H and O–H groups in total. The van der Waals surface area contributed by atoms with Gasteiger partial charge in [0, 0.05) is 33.8 Å². The van der Waals surface area contributed by atoms with Crippen molar-refractivity contribution in [2.24, 2.45) is 5.92 Å². The molecule has 0 aliphatic carbocycles. The van der Waals surface area contributed by atoms with Crippen molar-refractivity contribution in [1.29, 1.82) is 0 Å². The molecule has 0 atom stereocenters. The van der Waals surface area contributed by atoms with Crippen LogP contribution < -0.4 is 20.7 Å². The highest BCUT2D eigenvalue weighted by atomic mass is 35.5. The molecule has 158 valence electrons. The Hall–Kier alpha value is -2.61. The molecule has 0 aliphatic heterocycles. The summed E-state index contributed by atoms with van der Waals surface area (Å²) in [5, 5.41) is 9.28. The maximum Gasteiger partial charge on any atom is 0.250 e. The number of ether oxygens (including phenoxy) is 1. The van der Waals surface area contributed by atoms with Gasteiger partial charge in [0.1, 0.15) is 5.75 Å². The normalized spacial score (nSPS) is 10.7. The van der Waals surface area contributed by atoms with E-state index in [4.69, 9.17) is 40.2 Å². The Morgan fingerprint density at radius 3 is 2.47 bits per heavy atom. The lowest BCUT2D eigenvalue weighted by molar-refractivity contribution is -0.119. The second-order valence-electron chi connectivity index (χ2n) is 6.50. The number of carbonyl (C=O) groups is 2. The highest BCUT2D eigenvalue weighted by Gasteiger charge is 2.12. The van der Waals surface area contributed by atoms with Crippen LogP contribution in [0.2, 0.25) is 10.0 Å². The Kier molecular flexibility index (Phi) is 8.65. The third-order valence-electron chi connectivity index (χ3n) is 3.86. The lowest BCUT2D eigenvalue weighted by atomic mass is 10.2. The molecule has 0 bridgehead atoms. The number of hydrogen-bond acceptors (Lipinski definition) is 4. The molecule has 2 amide bonds. The minimum atomic E-state index is -0.425. The van der Waals surface area contributed by atoms with Gasteiger partial charge in [-0.3, -0.25) is 14.9 Å². The van der Waals surface area contributed by atoms with E-state index >= 15 is 0 Å². The van der Waals surface area contributed by atoms with Crippen molar-refractivity contribution in [3.05, 3.63) is 58.1 Å². The fourth-order valence-corrected chi connectivity index (χ4v) is 2.96. The molecule has 0 aliphatic rings. The summed E-state index contributed by atoms with van der Waals surface area (Å²) in [6, 6.07) is 10.0. The van der Waals surface area contributed by atoms with E-state index in [1.165, 1.54) is 13.2 Å². The van der Waals surface area contributed by atoms with E-state index in [0.717, 1.165) is 0 Å². The number of halogens is 2. The molecule has 0 aromatic heterocycles. The Labute approximate surface area is 190 Å². The summed E-state index contributed by atoms with van der Waals surface area (Å²) in [7, 11) is 1.50. The van der Waals surface area contributed by atoms with Gasteiger partial charge in [0.15, 0.2) is 5.11 Å². The summed E-state index contributed by atoms with van der Waals surface area (Å²) in [5.41, 5.74) is 1.78. The van der Waals surface area contributed by atoms with Crippen molar-refractivity contribution in [2.75, 3.05) is 17.7 Å². The summed E-state index contributed by atoms with van der Waals surface area (Å²) in [5.74, 6) is -0.248. The lowest BCUT2D eigenvalue weighted by Crippen LogP contribution is -2.32. The average Bonchev–Trinajstić information content (AvgIpc) is 2.68. The molecule has 0 heterocycles. The summed E-state index contributed by atoms with van der Waals surface area (Å²) in [6.07, 6.45) is 2.88. The molecule has 9 heteroatoms. The maximum atomic E-state index is 12.1. The van der Waals surface area contributed by atoms with E-state index in [2.05, 4.69) is 16.0 Å². The summed E-state index contributed by atoms with van der Waals surface area (Å²) >= 11 is 17.1. The van der Waals surface area contributed by atoms with Crippen LogP contribution in [0, 0.1) is 5.92 Å². The number of anilines is 2. The first-order valence-corrected chi connectivity index (χ1v) is 10.1. The molecule has 2 aromatic rings. The number of nitrogens with one attached hydrogen (secondary N) is 3. The summed E-state index contributed by atoms with van der Waals surface area (Å²) < 4.78 is 5.32. The van der Waals surface area contributed by atoms with Gasteiger partial charge in [-0.05, 0) is 48.1 Å². The highest BCUT2D eigenvalue weighted by Crippen LogP contribution is 2.28. The van der Waals surface area contributed by atoms with Gasteiger partial charge < -0.3 is 15.4 Å². The Balaban J connectivity index is 1.99. The Bertz CT molecular complexity index is 993. The first-order chi connectivity index (χ1) is 14.2. The first-order valence-electron chi connectivity index (χ1n) is 8.93. The first kappa shape index (κ1) is 23.7. The quantitative estimate of drug-likeness (QED) is 0.407. The van der Waals surface area contributed by atoms with Crippen molar-refractivity contribution in [3.63, 3.8) is 0 Å². The van der Waals surface area contributed by atoms with Gasteiger partial charge in [0.05, 0.1) is 12.8 Å². The van der Waals surface area contributed by atoms with Crippen LogP contribution in [0.3, 0.4) is 0 Å². The van der Waals surface area contributed by atoms with Gasteiger partial charge >= 0.3 is 0 Å². The molecule has 0 spiro atoms. The molecule has 2 rings (SSSR count). The van der Waals surface area contributed by atoms with Gasteiger partial charge in [0.2, 0.25) is 11.8 Å². The zero-order valence-electron chi connectivity index (χ0n) is 16.6. The highest BCUT2D eigenvalue weighted by molar-refractivity contribution is 7.80. The molecule has 0 radical (unpaired) electrons. The third-order valence-corrected chi connectivity index (χ3v) is 4.62. The van der Waals surface area contributed by atoms with Crippen LogP contribution in [0.1, 0.15) is 19.4 Å². The summed E-state index contributed by atoms with van der Waals surface area (Å²) in [4.78, 5) is 24.0. The van der Waals surface area contributed by atoms with E-state index in [-0.39, 0.29) is 16.9 Å². The zero-order valence-corrected chi connectivity index (χ0v) is 18.9. The van der Waals surface area contributed by atoms with Crippen LogP contribution in [0.4, 0.5) is 11.4 Å². The van der Waals surface area contributed by atoms with Crippen LogP contribution >= 0.6 is 35.4 Å². The number of rotatable bonds is 6. The van der Waals surface area contributed by atoms with Crippen LogP contribution in [0.15, 0.2) is 42.5 Å². The average molecular weight is 466 g/mol. The fraction of sp³-hybridized carbons (Fsp3) is 0.190. The van der Waals surface area contributed by atoms with Crippen molar-refractivity contribution in [3.8, 4) is 5.75 Å². The minimum absolute atomic E-state index is 0.105.